The second kappa shape index (κ2) is 8.78. The molecule has 2 heterocycles. The molecule has 0 aliphatic rings. The van der Waals surface area contributed by atoms with E-state index in [0.717, 1.165) is 32.0 Å². The average molecular weight is 488 g/mol. The number of aromatic amines is 1. The molecule has 0 radical (unpaired) electrons. The first-order valence-electron chi connectivity index (χ1n) is 10.3. The van der Waals surface area contributed by atoms with Crippen LogP contribution in [0.3, 0.4) is 0 Å². The van der Waals surface area contributed by atoms with Gasteiger partial charge in [0.05, 0.1) is 28.9 Å². The molecule has 0 aliphatic carbocycles. The van der Waals surface area contributed by atoms with Crippen LogP contribution in [0.4, 0.5) is 11.4 Å². The molecule has 0 amide bonds. The molecule has 0 spiro atoms. The van der Waals surface area contributed by atoms with Crippen molar-refractivity contribution in [3.05, 3.63) is 81.9 Å². The van der Waals surface area contributed by atoms with Crippen molar-refractivity contribution in [2.75, 3.05) is 12.4 Å². The fraction of sp³-hybridized carbons (Fsp3) is 0.0800. The normalized spacial score (nSPS) is 11.0. The third-order valence-corrected chi connectivity index (χ3v) is 7.10. The van der Waals surface area contributed by atoms with Crippen LogP contribution in [0.5, 0.6) is 5.75 Å². The summed E-state index contributed by atoms with van der Waals surface area (Å²) in [4.78, 5) is 20.6. The van der Waals surface area contributed by atoms with Gasteiger partial charge in [-0.05, 0) is 42.5 Å². The number of pyridine rings is 1. The Balaban J connectivity index is 1.59. The summed E-state index contributed by atoms with van der Waals surface area (Å²) in [6, 6.07) is 14.8. The van der Waals surface area contributed by atoms with E-state index < -0.39 is 0 Å². The smallest absolute Gasteiger partial charge is 0.221 e. The van der Waals surface area contributed by atoms with E-state index in [9.17, 15) is 10.1 Å². The summed E-state index contributed by atoms with van der Waals surface area (Å²) in [7, 11) is 3.41. The lowest BCUT2D eigenvalue weighted by molar-refractivity contribution is 0.416. The maximum atomic E-state index is 12.2. The number of fused-ring (bicyclic) bond motifs is 3. The summed E-state index contributed by atoms with van der Waals surface area (Å²) >= 11 is 8.05. The Morgan fingerprint density at radius 2 is 1.97 bits per heavy atom. The van der Waals surface area contributed by atoms with Crippen LogP contribution in [0.1, 0.15) is 5.56 Å². The zero-order chi connectivity index (χ0) is 23.8. The van der Waals surface area contributed by atoms with Crippen LogP contribution in [0.15, 0.2) is 75.9 Å². The van der Waals surface area contributed by atoms with Crippen molar-refractivity contribution in [3.8, 4) is 11.8 Å². The summed E-state index contributed by atoms with van der Waals surface area (Å²) in [6.07, 6.45) is 5.27. The number of H-pyrrole nitrogens is 1. The first kappa shape index (κ1) is 21.9. The highest BCUT2D eigenvalue weighted by Crippen LogP contribution is 2.37. The van der Waals surface area contributed by atoms with E-state index in [0.29, 0.717) is 27.4 Å². The van der Waals surface area contributed by atoms with Crippen LogP contribution >= 0.6 is 23.4 Å². The van der Waals surface area contributed by atoms with E-state index in [1.807, 2.05) is 48.1 Å². The van der Waals surface area contributed by atoms with Gasteiger partial charge in [-0.1, -0.05) is 23.4 Å². The Hall–Kier alpha value is -3.93. The molecule has 0 bridgehead atoms. The van der Waals surface area contributed by atoms with Crippen molar-refractivity contribution in [3.63, 3.8) is 0 Å². The fourth-order valence-electron chi connectivity index (χ4n) is 3.87. The number of aromatic nitrogens is 3. The molecule has 2 aromatic heterocycles. The lowest BCUT2D eigenvalue weighted by Crippen LogP contribution is -2.04. The van der Waals surface area contributed by atoms with E-state index >= 15 is 0 Å². The molecule has 9 heteroatoms. The second-order valence-electron chi connectivity index (χ2n) is 7.56. The number of rotatable bonds is 5. The maximum absolute atomic E-state index is 12.2. The van der Waals surface area contributed by atoms with Crippen LogP contribution in [0.25, 0.3) is 21.7 Å². The quantitative estimate of drug-likeness (QED) is 0.302. The highest BCUT2D eigenvalue weighted by molar-refractivity contribution is 7.99. The number of benzene rings is 3. The zero-order valence-corrected chi connectivity index (χ0v) is 19.8. The van der Waals surface area contributed by atoms with Crippen LogP contribution in [0, 0.1) is 11.3 Å². The molecule has 168 valence electrons. The number of hydrogen-bond acceptors (Lipinski definition) is 6. The Bertz CT molecular complexity index is 1670. The van der Waals surface area contributed by atoms with Crippen molar-refractivity contribution < 1.29 is 4.74 Å². The third-order valence-electron chi connectivity index (χ3n) is 5.52. The minimum Gasteiger partial charge on any atom is -0.492 e. The molecule has 3 aromatic carbocycles. The summed E-state index contributed by atoms with van der Waals surface area (Å²) in [5, 5.41) is 16.8. The SMILES string of the molecule is COc1c(=O)ccc2c1ccc1c(Nc3ccc(Sc4nccn4C)c(Cl)c3)c(C#N)c[nH]c12. The molecule has 0 atom stereocenters. The van der Waals surface area contributed by atoms with Gasteiger partial charge in [0.2, 0.25) is 5.43 Å². The molecule has 7 nitrogen and oxygen atoms in total. The Labute approximate surface area is 204 Å². The van der Waals surface area contributed by atoms with Gasteiger partial charge in [-0.3, -0.25) is 4.79 Å². The number of nitriles is 1. The predicted octanol–water partition coefficient (Wildman–Crippen LogP) is 5.84. The number of nitrogens with one attached hydrogen (secondary N) is 2. The number of halogens is 1. The third kappa shape index (κ3) is 3.75. The van der Waals surface area contributed by atoms with E-state index in [4.69, 9.17) is 16.3 Å². The van der Waals surface area contributed by atoms with Gasteiger partial charge in [-0.2, -0.15) is 5.26 Å². The highest BCUT2D eigenvalue weighted by Gasteiger charge is 2.15. The Kier molecular flexibility index (Phi) is 5.65. The number of aryl methyl sites for hydroxylation is 1. The van der Waals surface area contributed by atoms with Gasteiger partial charge in [0.1, 0.15) is 6.07 Å². The molecular formula is C25H18ClN5O2S. The van der Waals surface area contributed by atoms with Crippen molar-refractivity contribution >= 4 is 56.4 Å². The molecule has 5 aromatic rings. The van der Waals surface area contributed by atoms with Crippen molar-refractivity contribution in [1.29, 1.82) is 5.26 Å². The van der Waals surface area contributed by atoms with Crippen molar-refractivity contribution in [2.45, 2.75) is 10.1 Å². The minimum atomic E-state index is -0.181. The number of imidazole rings is 1. The fourth-order valence-corrected chi connectivity index (χ4v) is 4.98. The van der Waals surface area contributed by atoms with Crippen LogP contribution < -0.4 is 15.5 Å². The molecule has 0 saturated heterocycles. The van der Waals surface area contributed by atoms with E-state index in [1.165, 1.54) is 24.9 Å². The van der Waals surface area contributed by atoms with Crippen LogP contribution in [-0.4, -0.2) is 21.6 Å². The molecule has 0 unspecified atom stereocenters. The lowest BCUT2D eigenvalue weighted by Gasteiger charge is -2.15. The van der Waals surface area contributed by atoms with Crippen LogP contribution in [0.2, 0.25) is 5.02 Å². The summed E-state index contributed by atoms with van der Waals surface area (Å²) in [5.41, 5.74) is 2.43. The van der Waals surface area contributed by atoms with Gasteiger partial charge in [-0.15, -0.1) is 0 Å². The molecule has 0 aliphatic heterocycles. The van der Waals surface area contributed by atoms with Crippen molar-refractivity contribution in [2.24, 2.45) is 7.05 Å². The molecular weight excluding hydrogens is 470 g/mol. The van der Waals surface area contributed by atoms with E-state index in [-0.39, 0.29) is 5.43 Å². The maximum Gasteiger partial charge on any atom is 0.221 e. The second-order valence-corrected chi connectivity index (χ2v) is 8.98. The van der Waals surface area contributed by atoms with Gasteiger partial charge >= 0.3 is 0 Å². The molecule has 2 N–H and O–H groups in total. The first-order chi connectivity index (χ1) is 16.5. The first-order valence-corrected chi connectivity index (χ1v) is 11.5. The van der Waals surface area contributed by atoms with Gasteiger partial charge in [0.15, 0.2) is 10.9 Å². The Morgan fingerprint density at radius 3 is 2.68 bits per heavy atom. The summed E-state index contributed by atoms with van der Waals surface area (Å²) in [6.45, 7) is 0. The number of ether oxygens (including phenoxy) is 1. The zero-order valence-electron chi connectivity index (χ0n) is 18.2. The average Bonchev–Trinajstić information content (AvgIpc) is 3.24. The number of nitrogens with zero attached hydrogens (tertiary/aromatic N) is 3. The van der Waals surface area contributed by atoms with Crippen LogP contribution in [-0.2, 0) is 7.05 Å². The lowest BCUT2D eigenvalue weighted by atomic mass is 10.0. The van der Waals surface area contributed by atoms with E-state index in [2.05, 4.69) is 21.4 Å². The highest BCUT2D eigenvalue weighted by atomic mass is 35.5. The Morgan fingerprint density at radius 1 is 1.18 bits per heavy atom. The number of hydrogen-bond donors (Lipinski definition) is 2. The van der Waals surface area contributed by atoms with Gasteiger partial charge in [0.25, 0.3) is 0 Å². The summed E-state index contributed by atoms with van der Waals surface area (Å²) < 4.78 is 7.25. The minimum absolute atomic E-state index is 0.181. The monoisotopic (exact) mass is 487 g/mol. The molecule has 0 fully saturated rings. The number of anilines is 2. The van der Waals surface area contributed by atoms with Gasteiger partial charge in [-0.25, -0.2) is 4.98 Å². The summed E-state index contributed by atoms with van der Waals surface area (Å²) in [5.74, 6) is 0.291. The standard InChI is InChI=1S/C25H18ClN5O2S/c1-31-10-9-28-25(31)34-21-8-3-15(11-19(21)26)30-22-14(12-27)13-29-23-16-6-7-20(32)24(33-2)17(16)4-5-18(22)23/h3-11,13,29-30H,1-2H3. The molecule has 0 saturated carbocycles. The molecule has 34 heavy (non-hydrogen) atoms. The molecule has 5 rings (SSSR count). The largest absolute Gasteiger partial charge is 0.492 e. The van der Waals surface area contributed by atoms with Crippen molar-refractivity contribution in [1.82, 2.24) is 14.5 Å². The van der Waals surface area contributed by atoms with E-state index in [1.54, 1.807) is 18.5 Å². The van der Waals surface area contributed by atoms with Gasteiger partial charge < -0.3 is 19.6 Å². The van der Waals surface area contributed by atoms with Gasteiger partial charge in [0, 0.05) is 52.4 Å². The predicted molar refractivity (Wildman–Crippen MR) is 135 cm³/mol. The number of methoxy groups -OCH3 is 1. The topological polar surface area (TPSA) is 95.7 Å².